The van der Waals surface area contributed by atoms with Gasteiger partial charge in [0.05, 0.1) is 5.69 Å². The number of nitrogens with one attached hydrogen (secondary N) is 1. The van der Waals surface area contributed by atoms with Crippen LogP contribution >= 0.6 is 0 Å². The van der Waals surface area contributed by atoms with Crippen molar-refractivity contribution in [2.45, 2.75) is 19.8 Å². The van der Waals surface area contributed by atoms with Gasteiger partial charge < -0.3 is 5.32 Å². The fourth-order valence-electron chi connectivity index (χ4n) is 1.81. The molecule has 1 N–H and O–H groups in total. The SMILES string of the molecule is CNc1ccc(C(C)C)c(-c2cccnc2)n1. The fraction of sp³-hybridized carbons (Fsp3) is 0.286. The highest BCUT2D eigenvalue weighted by molar-refractivity contribution is 5.65. The molecule has 0 aromatic carbocycles. The predicted octanol–water partition coefficient (Wildman–Crippen LogP) is 3.31. The summed E-state index contributed by atoms with van der Waals surface area (Å²) in [5.41, 5.74) is 3.32. The second kappa shape index (κ2) is 4.95. The molecule has 2 aromatic heterocycles. The van der Waals surface area contributed by atoms with Crippen LogP contribution in [0, 0.1) is 0 Å². The first-order valence-corrected chi connectivity index (χ1v) is 5.81. The van der Waals surface area contributed by atoms with Crippen LogP contribution in [0.15, 0.2) is 36.7 Å². The Morgan fingerprint density at radius 2 is 2.00 bits per heavy atom. The third-order valence-electron chi connectivity index (χ3n) is 2.74. The maximum absolute atomic E-state index is 4.63. The average molecular weight is 227 g/mol. The Labute approximate surface area is 102 Å². The van der Waals surface area contributed by atoms with E-state index in [0.29, 0.717) is 5.92 Å². The second-order valence-electron chi connectivity index (χ2n) is 4.28. The van der Waals surface area contributed by atoms with Crippen molar-refractivity contribution in [3.05, 3.63) is 42.2 Å². The Balaban J connectivity index is 2.57. The van der Waals surface area contributed by atoms with Crippen LogP contribution < -0.4 is 5.32 Å². The van der Waals surface area contributed by atoms with Crippen LogP contribution in [0.25, 0.3) is 11.3 Å². The average Bonchev–Trinajstić information content (AvgIpc) is 2.39. The van der Waals surface area contributed by atoms with Crippen LogP contribution in [-0.2, 0) is 0 Å². The molecule has 2 aromatic rings. The number of pyridine rings is 2. The van der Waals surface area contributed by atoms with Crippen molar-refractivity contribution in [1.29, 1.82) is 0 Å². The minimum absolute atomic E-state index is 0.448. The largest absolute Gasteiger partial charge is 0.373 e. The van der Waals surface area contributed by atoms with Gasteiger partial charge in [-0.2, -0.15) is 0 Å². The molecule has 3 nitrogen and oxygen atoms in total. The quantitative estimate of drug-likeness (QED) is 0.874. The van der Waals surface area contributed by atoms with E-state index in [1.807, 2.05) is 31.4 Å². The molecule has 0 unspecified atom stereocenters. The zero-order valence-corrected chi connectivity index (χ0v) is 10.4. The molecule has 0 aliphatic carbocycles. The van der Waals surface area contributed by atoms with E-state index in [4.69, 9.17) is 0 Å². The summed E-state index contributed by atoms with van der Waals surface area (Å²) in [5.74, 6) is 1.33. The molecule has 0 saturated carbocycles. The molecule has 0 radical (unpaired) electrons. The predicted molar refractivity (Wildman–Crippen MR) is 71.1 cm³/mol. The highest BCUT2D eigenvalue weighted by Crippen LogP contribution is 2.28. The summed E-state index contributed by atoms with van der Waals surface area (Å²) in [6.45, 7) is 4.35. The normalized spacial score (nSPS) is 10.6. The minimum Gasteiger partial charge on any atom is -0.373 e. The minimum atomic E-state index is 0.448. The molecule has 0 aliphatic rings. The van der Waals surface area contributed by atoms with Crippen LogP contribution in [-0.4, -0.2) is 17.0 Å². The third-order valence-corrected chi connectivity index (χ3v) is 2.74. The summed E-state index contributed by atoms with van der Waals surface area (Å²) in [4.78, 5) is 8.79. The molecule has 17 heavy (non-hydrogen) atoms. The van der Waals surface area contributed by atoms with Crippen LogP contribution in [0.4, 0.5) is 5.82 Å². The molecule has 0 bridgehead atoms. The van der Waals surface area contributed by atoms with E-state index in [1.165, 1.54) is 5.56 Å². The van der Waals surface area contributed by atoms with Crippen molar-refractivity contribution in [3.8, 4) is 11.3 Å². The van der Waals surface area contributed by atoms with E-state index in [9.17, 15) is 0 Å². The molecule has 0 saturated heterocycles. The van der Waals surface area contributed by atoms with Gasteiger partial charge in [-0.25, -0.2) is 4.98 Å². The number of nitrogens with zero attached hydrogens (tertiary/aromatic N) is 2. The highest BCUT2D eigenvalue weighted by Gasteiger charge is 2.10. The Bertz CT molecular complexity index is 492. The number of hydrogen-bond donors (Lipinski definition) is 1. The Hall–Kier alpha value is -1.90. The lowest BCUT2D eigenvalue weighted by Crippen LogP contribution is -2.00. The molecule has 0 spiro atoms. The molecule has 2 heterocycles. The number of aromatic nitrogens is 2. The van der Waals surface area contributed by atoms with E-state index in [-0.39, 0.29) is 0 Å². The zero-order valence-electron chi connectivity index (χ0n) is 10.4. The summed E-state index contributed by atoms with van der Waals surface area (Å²) in [7, 11) is 1.88. The van der Waals surface area contributed by atoms with E-state index < -0.39 is 0 Å². The van der Waals surface area contributed by atoms with Crippen LogP contribution in [0.2, 0.25) is 0 Å². The van der Waals surface area contributed by atoms with E-state index >= 15 is 0 Å². The van der Waals surface area contributed by atoms with Gasteiger partial charge in [-0.15, -0.1) is 0 Å². The van der Waals surface area contributed by atoms with E-state index in [1.54, 1.807) is 6.20 Å². The number of rotatable bonds is 3. The van der Waals surface area contributed by atoms with Gasteiger partial charge in [-0.1, -0.05) is 19.9 Å². The first-order valence-electron chi connectivity index (χ1n) is 5.81. The van der Waals surface area contributed by atoms with Gasteiger partial charge in [-0.05, 0) is 29.7 Å². The van der Waals surface area contributed by atoms with Gasteiger partial charge in [0.15, 0.2) is 0 Å². The lowest BCUT2D eigenvalue weighted by molar-refractivity contribution is 0.861. The van der Waals surface area contributed by atoms with Crippen molar-refractivity contribution < 1.29 is 0 Å². The Kier molecular flexibility index (Phi) is 3.38. The summed E-state index contributed by atoms with van der Waals surface area (Å²) >= 11 is 0. The molecule has 88 valence electrons. The van der Waals surface area contributed by atoms with Crippen LogP contribution in [0.5, 0.6) is 0 Å². The summed E-state index contributed by atoms with van der Waals surface area (Å²) in [6.07, 6.45) is 3.63. The molecule has 0 atom stereocenters. The summed E-state index contributed by atoms with van der Waals surface area (Å²) in [6, 6.07) is 8.12. The Morgan fingerprint density at radius 1 is 1.18 bits per heavy atom. The van der Waals surface area contributed by atoms with Crippen LogP contribution in [0.1, 0.15) is 25.3 Å². The molecule has 3 heteroatoms. The van der Waals surface area contributed by atoms with Crippen molar-refractivity contribution in [2.75, 3.05) is 12.4 Å². The molecule has 0 fully saturated rings. The van der Waals surface area contributed by atoms with E-state index in [2.05, 4.69) is 35.2 Å². The molecular weight excluding hydrogens is 210 g/mol. The summed E-state index contributed by atoms with van der Waals surface area (Å²) < 4.78 is 0. The molecule has 0 amide bonds. The topological polar surface area (TPSA) is 37.8 Å². The second-order valence-corrected chi connectivity index (χ2v) is 4.28. The monoisotopic (exact) mass is 227 g/mol. The smallest absolute Gasteiger partial charge is 0.126 e. The van der Waals surface area contributed by atoms with Crippen molar-refractivity contribution in [1.82, 2.24) is 9.97 Å². The first-order chi connectivity index (χ1) is 8.22. The lowest BCUT2D eigenvalue weighted by Gasteiger charge is -2.13. The number of hydrogen-bond acceptors (Lipinski definition) is 3. The van der Waals surface area contributed by atoms with Gasteiger partial charge in [-0.3, -0.25) is 4.98 Å². The zero-order chi connectivity index (χ0) is 12.3. The molecular formula is C14H17N3. The maximum Gasteiger partial charge on any atom is 0.126 e. The highest BCUT2D eigenvalue weighted by atomic mass is 15.0. The third kappa shape index (κ3) is 2.44. The van der Waals surface area contributed by atoms with Gasteiger partial charge in [0.2, 0.25) is 0 Å². The summed E-state index contributed by atoms with van der Waals surface area (Å²) in [5, 5.41) is 3.07. The van der Waals surface area contributed by atoms with E-state index in [0.717, 1.165) is 17.1 Å². The standard InChI is InChI=1S/C14H17N3/c1-10(2)12-6-7-13(15-3)17-14(12)11-5-4-8-16-9-11/h4-10H,1-3H3,(H,15,17). The first kappa shape index (κ1) is 11.6. The van der Waals surface area contributed by atoms with Gasteiger partial charge >= 0.3 is 0 Å². The lowest BCUT2D eigenvalue weighted by atomic mass is 9.98. The number of anilines is 1. The van der Waals surface area contributed by atoms with Crippen molar-refractivity contribution in [3.63, 3.8) is 0 Å². The van der Waals surface area contributed by atoms with Gasteiger partial charge in [0, 0.05) is 25.0 Å². The van der Waals surface area contributed by atoms with Crippen molar-refractivity contribution >= 4 is 5.82 Å². The van der Waals surface area contributed by atoms with Crippen LogP contribution in [0.3, 0.4) is 0 Å². The fourth-order valence-corrected chi connectivity index (χ4v) is 1.81. The molecule has 0 aliphatic heterocycles. The van der Waals surface area contributed by atoms with Gasteiger partial charge in [0.1, 0.15) is 5.82 Å². The Morgan fingerprint density at radius 3 is 2.59 bits per heavy atom. The van der Waals surface area contributed by atoms with Gasteiger partial charge in [0.25, 0.3) is 0 Å². The van der Waals surface area contributed by atoms with Crippen molar-refractivity contribution in [2.24, 2.45) is 0 Å². The molecule has 2 rings (SSSR count). The maximum atomic E-state index is 4.63.